The van der Waals surface area contributed by atoms with Crippen LogP contribution in [0.3, 0.4) is 0 Å². The molecule has 6 nitrogen and oxygen atoms in total. The van der Waals surface area contributed by atoms with Gasteiger partial charge in [0.15, 0.2) is 0 Å². The van der Waals surface area contributed by atoms with Gasteiger partial charge in [0.05, 0.1) is 4.91 Å². The number of rotatable bonds is 6. The number of aromatic nitrogens is 1. The van der Waals surface area contributed by atoms with E-state index in [1.54, 1.807) is 16.4 Å². The zero-order valence-electron chi connectivity index (χ0n) is 18.0. The highest BCUT2D eigenvalue weighted by atomic mass is 32.2. The third kappa shape index (κ3) is 3.81. The molecule has 8 heteroatoms. The molecule has 1 saturated carbocycles. The standard InChI is InChI=1S/C22H28N4O2S2/c1-5-24(6-2)19-16(14(4)17(13-23)20(27)25(19)7-3)12-18-21(28)26(22(29)30-18)15-10-8-9-11-15/h12,15H,5-11H2,1-4H3. The normalized spacial score (nSPS) is 18.5. The molecule has 3 rings (SSSR count). The predicted octanol–water partition coefficient (Wildman–Crippen LogP) is 4.04. The van der Waals surface area contributed by atoms with E-state index in [2.05, 4.69) is 11.0 Å². The molecule has 0 aromatic carbocycles. The lowest BCUT2D eigenvalue weighted by atomic mass is 10.0. The summed E-state index contributed by atoms with van der Waals surface area (Å²) in [6.45, 7) is 9.63. The average Bonchev–Trinajstić information content (AvgIpc) is 3.34. The van der Waals surface area contributed by atoms with E-state index in [9.17, 15) is 14.9 Å². The number of carbonyl (C=O) groups excluding carboxylic acids is 1. The first-order chi connectivity index (χ1) is 14.4. The maximum Gasteiger partial charge on any atom is 0.270 e. The van der Waals surface area contributed by atoms with Crippen molar-refractivity contribution in [3.05, 3.63) is 31.9 Å². The molecule has 0 atom stereocenters. The summed E-state index contributed by atoms with van der Waals surface area (Å²) in [4.78, 5) is 30.6. The molecule has 1 aliphatic heterocycles. The van der Waals surface area contributed by atoms with E-state index < -0.39 is 0 Å². The Morgan fingerprint density at radius 2 is 1.87 bits per heavy atom. The Morgan fingerprint density at radius 1 is 1.23 bits per heavy atom. The van der Waals surface area contributed by atoms with E-state index in [0.717, 1.165) is 37.1 Å². The molecule has 0 radical (unpaired) electrons. The topological polar surface area (TPSA) is 69.3 Å². The maximum atomic E-state index is 13.2. The Labute approximate surface area is 187 Å². The number of amides is 1. The minimum Gasteiger partial charge on any atom is -0.358 e. The fourth-order valence-electron chi connectivity index (χ4n) is 4.39. The molecule has 2 heterocycles. The predicted molar refractivity (Wildman–Crippen MR) is 127 cm³/mol. The van der Waals surface area contributed by atoms with Crippen LogP contribution in [0.4, 0.5) is 5.82 Å². The lowest BCUT2D eigenvalue weighted by molar-refractivity contribution is -0.123. The number of hydrogen-bond acceptors (Lipinski definition) is 6. The molecule has 0 unspecified atom stereocenters. The zero-order valence-corrected chi connectivity index (χ0v) is 19.7. The third-order valence-electron chi connectivity index (χ3n) is 6.01. The number of pyridine rings is 1. The molecule has 2 aliphatic rings. The highest BCUT2D eigenvalue weighted by Gasteiger charge is 2.38. The fourth-order valence-corrected chi connectivity index (χ4v) is 5.77. The highest BCUT2D eigenvalue weighted by molar-refractivity contribution is 8.26. The second kappa shape index (κ2) is 9.36. The van der Waals surface area contributed by atoms with Crippen LogP contribution < -0.4 is 10.5 Å². The van der Waals surface area contributed by atoms with Crippen LogP contribution in [0, 0.1) is 18.3 Å². The van der Waals surface area contributed by atoms with Gasteiger partial charge in [0.1, 0.15) is 21.8 Å². The Balaban J connectivity index is 2.20. The number of carbonyl (C=O) groups is 1. The largest absolute Gasteiger partial charge is 0.358 e. The highest BCUT2D eigenvalue weighted by Crippen LogP contribution is 2.39. The lowest BCUT2D eigenvalue weighted by Crippen LogP contribution is -2.36. The van der Waals surface area contributed by atoms with Crippen molar-refractivity contribution in [3.63, 3.8) is 0 Å². The summed E-state index contributed by atoms with van der Waals surface area (Å²) < 4.78 is 2.24. The summed E-state index contributed by atoms with van der Waals surface area (Å²) in [6.07, 6.45) is 6.06. The number of nitrogens with zero attached hydrogens (tertiary/aromatic N) is 4. The van der Waals surface area contributed by atoms with Gasteiger partial charge in [-0.25, -0.2) is 0 Å². The van der Waals surface area contributed by atoms with E-state index in [0.29, 0.717) is 34.4 Å². The summed E-state index contributed by atoms with van der Waals surface area (Å²) in [6, 6.07) is 2.26. The number of hydrogen-bond donors (Lipinski definition) is 0. The van der Waals surface area contributed by atoms with Gasteiger partial charge in [-0.15, -0.1) is 0 Å². The minimum absolute atomic E-state index is 0.0606. The van der Waals surface area contributed by atoms with Crippen molar-refractivity contribution >= 4 is 46.1 Å². The van der Waals surface area contributed by atoms with Crippen LogP contribution in [0.25, 0.3) is 6.08 Å². The van der Waals surface area contributed by atoms with Crippen molar-refractivity contribution in [1.29, 1.82) is 5.26 Å². The molecule has 30 heavy (non-hydrogen) atoms. The van der Waals surface area contributed by atoms with Crippen LogP contribution in [0.15, 0.2) is 9.70 Å². The van der Waals surface area contributed by atoms with Gasteiger partial charge in [-0.2, -0.15) is 5.26 Å². The SMILES string of the molecule is CCN(CC)c1c(C=C2SC(=S)N(C3CCCC3)C2=O)c(C)c(C#N)c(=O)n1CC. The van der Waals surface area contributed by atoms with E-state index >= 15 is 0 Å². The summed E-state index contributed by atoms with van der Waals surface area (Å²) in [7, 11) is 0. The fraction of sp³-hybridized carbons (Fsp3) is 0.545. The van der Waals surface area contributed by atoms with Crippen molar-refractivity contribution in [1.82, 2.24) is 9.47 Å². The number of anilines is 1. The zero-order chi connectivity index (χ0) is 22.0. The molecule has 1 amide bonds. The van der Waals surface area contributed by atoms with E-state index in [1.165, 1.54) is 11.8 Å². The van der Waals surface area contributed by atoms with Crippen LogP contribution in [0.2, 0.25) is 0 Å². The molecule has 1 saturated heterocycles. The second-order valence-corrected chi connectivity index (χ2v) is 9.24. The van der Waals surface area contributed by atoms with Gasteiger partial charge in [-0.05, 0) is 52.2 Å². The quantitative estimate of drug-likeness (QED) is 0.487. The molecular weight excluding hydrogens is 416 g/mol. The Hall–Kier alpha value is -2.11. The van der Waals surface area contributed by atoms with E-state index in [4.69, 9.17) is 12.2 Å². The van der Waals surface area contributed by atoms with Gasteiger partial charge in [0.2, 0.25) is 0 Å². The van der Waals surface area contributed by atoms with Crippen molar-refractivity contribution in [2.75, 3.05) is 18.0 Å². The number of thiocarbonyl (C=S) groups is 1. The molecule has 1 aliphatic carbocycles. The molecule has 2 fully saturated rings. The van der Waals surface area contributed by atoms with Gasteiger partial charge in [-0.3, -0.25) is 19.1 Å². The Morgan fingerprint density at radius 3 is 2.40 bits per heavy atom. The van der Waals surface area contributed by atoms with Gasteiger partial charge >= 0.3 is 0 Å². The van der Waals surface area contributed by atoms with Crippen LogP contribution in [-0.2, 0) is 11.3 Å². The monoisotopic (exact) mass is 444 g/mol. The molecule has 0 bridgehead atoms. The smallest absolute Gasteiger partial charge is 0.270 e. The Bertz CT molecular complexity index is 996. The van der Waals surface area contributed by atoms with Gasteiger partial charge in [-0.1, -0.05) is 36.8 Å². The van der Waals surface area contributed by atoms with E-state index in [1.807, 2.05) is 26.8 Å². The summed E-state index contributed by atoms with van der Waals surface area (Å²) in [5.41, 5.74) is 1.21. The van der Waals surface area contributed by atoms with Crippen LogP contribution >= 0.6 is 24.0 Å². The first-order valence-corrected chi connectivity index (χ1v) is 11.8. The van der Waals surface area contributed by atoms with Crippen LogP contribution in [0.1, 0.15) is 63.1 Å². The molecule has 0 N–H and O–H groups in total. The first kappa shape index (κ1) is 22.6. The van der Waals surface area contributed by atoms with Gasteiger partial charge in [0.25, 0.3) is 11.5 Å². The molecule has 0 spiro atoms. The van der Waals surface area contributed by atoms with Crippen LogP contribution in [-0.4, -0.2) is 38.8 Å². The first-order valence-electron chi connectivity index (χ1n) is 10.6. The molecular formula is C22H28N4O2S2. The Kier molecular flexibility index (Phi) is 7.04. The minimum atomic E-state index is -0.282. The summed E-state index contributed by atoms with van der Waals surface area (Å²) in [5, 5.41) is 9.63. The van der Waals surface area contributed by atoms with Crippen molar-refractivity contribution in [2.24, 2.45) is 0 Å². The molecule has 1 aromatic heterocycles. The van der Waals surface area contributed by atoms with Crippen molar-refractivity contribution in [3.8, 4) is 6.07 Å². The van der Waals surface area contributed by atoms with Crippen molar-refractivity contribution < 1.29 is 4.79 Å². The second-order valence-electron chi connectivity index (χ2n) is 7.56. The molecule has 160 valence electrons. The van der Waals surface area contributed by atoms with E-state index in [-0.39, 0.29) is 23.1 Å². The number of nitriles is 1. The lowest BCUT2D eigenvalue weighted by Gasteiger charge is -2.28. The van der Waals surface area contributed by atoms with Gasteiger partial charge < -0.3 is 4.90 Å². The maximum absolute atomic E-state index is 13.2. The molecule has 1 aromatic rings. The summed E-state index contributed by atoms with van der Waals surface area (Å²) in [5.74, 6) is 0.699. The average molecular weight is 445 g/mol. The van der Waals surface area contributed by atoms with Crippen molar-refractivity contribution in [2.45, 2.75) is 66.0 Å². The van der Waals surface area contributed by atoms with Gasteiger partial charge in [0, 0.05) is 31.2 Å². The third-order valence-corrected chi connectivity index (χ3v) is 7.34. The summed E-state index contributed by atoms with van der Waals surface area (Å²) >= 11 is 6.86. The van der Waals surface area contributed by atoms with Crippen LogP contribution in [0.5, 0.6) is 0 Å². The number of thioether (sulfide) groups is 1.